The third-order valence-electron chi connectivity index (χ3n) is 5.16. The first-order chi connectivity index (χ1) is 9.76. The van der Waals surface area contributed by atoms with Crippen molar-refractivity contribution in [1.29, 1.82) is 0 Å². The highest BCUT2D eigenvalue weighted by Gasteiger charge is 2.63. The fraction of sp³-hybridized carbons (Fsp3) is 0.600. The highest BCUT2D eigenvalue weighted by atomic mass is 16.8. The van der Waals surface area contributed by atoms with E-state index in [4.69, 9.17) is 9.57 Å². The second-order valence-electron chi connectivity index (χ2n) is 5.94. The van der Waals surface area contributed by atoms with E-state index in [1.54, 1.807) is 13.2 Å². The van der Waals surface area contributed by atoms with Crippen LogP contribution in [0.25, 0.3) is 0 Å². The van der Waals surface area contributed by atoms with Crippen LogP contribution in [0.3, 0.4) is 0 Å². The molecular formula is C15H22N2O4. The molecule has 0 spiro atoms. The summed E-state index contributed by atoms with van der Waals surface area (Å²) in [5.41, 5.74) is 4.00. The Balaban J connectivity index is 0.00000132. The molecule has 4 fully saturated rings. The average molecular weight is 294 g/mol. The third-order valence-corrected chi connectivity index (χ3v) is 5.16. The molecule has 0 saturated carbocycles. The fourth-order valence-corrected chi connectivity index (χ4v) is 4.20. The fourth-order valence-electron chi connectivity index (χ4n) is 4.20. The number of hydroxylamine groups is 1. The number of para-hydroxylation sites is 1. The molecule has 1 aromatic carbocycles. The number of phenolic OH excluding ortho intramolecular Hbond substituents is 1. The molecular weight excluding hydrogens is 272 g/mol. The number of nitrogens with one attached hydrogen (secondary N) is 1. The maximum Gasteiger partial charge on any atom is 0.207 e. The summed E-state index contributed by atoms with van der Waals surface area (Å²) < 4.78 is 5.82. The highest BCUT2D eigenvalue weighted by Crippen LogP contribution is 2.51. The van der Waals surface area contributed by atoms with Gasteiger partial charge in [-0.2, -0.15) is 5.48 Å². The van der Waals surface area contributed by atoms with E-state index >= 15 is 0 Å². The maximum absolute atomic E-state index is 10.1. The van der Waals surface area contributed by atoms with Gasteiger partial charge in [-0.3, -0.25) is 9.74 Å². The quantitative estimate of drug-likeness (QED) is 0.833. The van der Waals surface area contributed by atoms with Crippen LogP contribution in [0.1, 0.15) is 24.4 Å². The topological polar surface area (TPSA) is 85.5 Å². The molecule has 116 valence electrons. The first-order valence-electron chi connectivity index (χ1n) is 7.27. The number of rotatable bonds is 2. The molecule has 0 amide bonds. The smallest absolute Gasteiger partial charge is 0.207 e. The van der Waals surface area contributed by atoms with Gasteiger partial charge in [-0.05, 0) is 32.0 Å². The average Bonchev–Trinajstić information content (AvgIpc) is 2.92. The van der Waals surface area contributed by atoms with Gasteiger partial charge in [0.2, 0.25) is 5.79 Å². The van der Waals surface area contributed by atoms with E-state index in [1.807, 2.05) is 18.2 Å². The number of hydrogen-bond donors (Lipinski definition) is 2. The van der Waals surface area contributed by atoms with Crippen LogP contribution in [0.4, 0.5) is 0 Å². The Kier molecular flexibility index (Phi) is 3.67. The second kappa shape index (κ2) is 5.23. The van der Waals surface area contributed by atoms with Crippen LogP contribution in [0.2, 0.25) is 0 Å². The summed E-state index contributed by atoms with van der Waals surface area (Å²) >= 11 is 0. The number of hydrogen-bond acceptors (Lipinski definition) is 5. The Bertz CT molecular complexity index is 518. The van der Waals surface area contributed by atoms with Gasteiger partial charge in [0.15, 0.2) is 0 Å². The molecule has 4 aliphatic rings. The van der Waals surface area contributed by atoms with Crippen molar-refractivity contribution >= 4 is 0 Å². The van der Waals surface area contributed by atoms with Gasteiger partial charge in [0.25, 0.3) is 0 Å². The van der Waals surface area contributed by atoms with Crippen molar-refractivity contribution in [2.75, 3.05) is 20.2 Å². The molecule has 2 bridgehead atoms. The van der Waals surface area contributed by atoms with Crippen molar-refractivity contribution < 1.29 is 20.2 Å². The minimum absolute atomic E-state index is 0. The van der Waals surface area contributed by atoms with Crippen LogP contribution >= 0.6 is 0 Å². The monoisotopic (exact) mass is 294 g/mol. The van der Waals surface area contributed by atoms with Gasteiger partial charge in [-0.1, -0.05) is 18.2 Å². The minimum atomic E-state index is -0.580. The van der Waals surface area contributed by atoms with Gasteiger partial charge in [0, 0.05) is 18.6 Å². The maximum atomic E-state index is 10.1. The SMILES string of the molecule is CO[C@]12ONC(c3ccccc3O)C1N1CCC2CC1.O. The number of aromatic hydroxyl groups is 1. The lowest BCUT2D eigenvalue weighted by Crippen LogP contribution is -2.65. The van der Waals surface area contributed by atoms with Gasteiger partial charge in [0.05, 0.1) is 12.1 Å². The van der Waals surface area contributed by atoms with E-state index in [1.165, 1.54) is 0 Å². The molecule has 6 heteroatoms. The van der Waals surface area contributed by atoms with Crippen LogP contribution in [0.5, 0.6) is 5.75 Å². The van der Waals surface area contributed by atoms with Crippen molar-refractivity contribution in [3.8, 4) is 5.75 Å². The lowest BCUT2D eigenvalue weighted by Gasteiger charge is -2.53. The summed E-state index contributed by atoms with van der Waals surface area (Å²) in [6.07, 6.45) is 2.22. The molecule has 0 aliphatic carbocycles. The molecule has 4 aliphatic heterocycles. The summed E-state index contributed by atoms with van der Waals surface area (Å²) in [6, 6.07) is 7.52. The Morgan fingerprint density at radius 2 is 2.05 bits per heavy atom. The van der Waals surface area contributed by atoms with Crippen molar-refractivity contribution in [2.24, 2.45) is 5.92 Å². The number of piperidine rings is 3. The second-order valence-corrected chi connectivity index (χ2v) is 5.94. The van der Waals surface area contributed by atoms with E-state index in [0.717, 1.165) is 31.5 Å². The first-order valence-corrected chi connectivity index (χ1v) is 7.27. The van der Waals surface area contributed by atoms with Crippen molar-refractivity contribution in [3.63, 3.8) is 0 Å². The largest absolute Gasteiger partial charge is 0.508 e. The van der Waals surface area contributed by atoms with E-state index in [-0.39, 0.29) is 17.6 Å². The van der Waals surface area contributed by atoms with E-state index < -0.39 is 5.79 Å². The third kappa shape index (κ3) is 1.91. The number of phenols is 1. The molecule has 2 unspecified atom stereocenters. The minimum Gasteiger partial charge on any atom is -0.508 e. The number of methoxy groups -OCH3 is 1. The molecule has 0 aromatic heterocycles. The van der Waals surface area contributed by atoms with Crippen LogP contribution in [0.15, 0.2) is 24.3 Å². The van der Waals surface area contributed by atoms with Gasteiger partial charge >= 0.3 is 0 Å². The summed E-state index contributed by atoms with van der Waals surface area (Å²) in [7, 11) is 1.73. The molecule has 6 nitrogen and oxygen atoms in total. The Hall–Kier alpha value is -1.18. The molecule has 3 atom stereocenters. The zero-order valence-electron chi connectivity index (χ0n) is 12.1. The summed E-state index contributed by atoms with van der Waals surface area (Å²) in [4.78, 5) is 8.36. The summed E-state index contributed by atoms with van der Waals surface area (Å²) in [5.74, 6) is 0.151. The van der Waals surface area contributed by atoms with Crippen molar-refractivity contribution in [3.05, 3.63) is 29.8 Å². The van der Waals surface area contributed by atoms with Gasteiger partial charge in [-0.25, -0.2) is 0 Å². The molecule has 21 heavy (non-hydrogen) atoms. The van der Waals surface area contributed by atoms with E-state index in [2.05, 4.69) is 10.4 Å². The van der Waals surface area contributed by atoms with Crippen molar-refractivity contribution in [1.82, 2.24) is 10.4 Å². The van der Waals surface area contributed by atoms with Crippen LogP contribution in [0, 0.1) is 5.92 Å². The predicted molar refractivity (Wildman–Crippen MR) is 76.5 cm³/mol. The van der Waals surface area contributed by atoms with E-state index in [0.29, 0.717) is 11.7 Å². The normalized spacial score (nSPS) is 40.6. The summed E-state index contributed by atoms with van der Waals surface area (Å²) in [6.45, 7) is 2.16. The molecule has 4 N–H and O–H groups in total. The Morgan fingerprint density at radius 1 is 1.33 bits per heavy atom. The Morgan fingerprint density at radius 3 is 2.71 bits per heavy atom. The van der Waals surface area contributed by atoms with Crippen LogP contribution in [-0.2, 0) is 9.57 Å². The molecule has 0 radical (unpaired) electrons. The zero-order valence-corrected chi connectivity index (χ0v) is 12.1. The van der Waals surface area contributed by atoms with Gasteiger partial charge in [-0.15, -0.1) is 0 Å². The highest BCUT2D eigenvalue weighted by molar-refractivity contribution is 5.37. The number of ether oxygens (including phenoxy) is 1. The zero-order chi connectivity index (χ0) is 13.7. The molecule has 4 heterocycles. The first kappa shape index (κ1) is 14.7. The van der Waals surface area contributed by atoms with E-state index in [9.17, 15) is 5.11 Å². The molecule has 5 rings (SSSR count). The summed E-state index contributed by atoms with van der Waals surface area (Å²) in [5, 5.41) is 10.1. The lowest BCUT2D eigenvalue weighted by molar-refractivity contribution is -0.298. The van der Waals surface area contributed by atoms with Crippen LogP contribution in [-0.4, -0.2) is 47.5 Å². The number of nitrogens with zero attached hydrogens (tertiary/aromatic N) is 1. The number of benzene rings is 1. The number of fused-ring (bicyclic) bond motifs is 2. The van der Waals surface area contributed by atoms with Crippen LogP contribution < -0.4 is 5.48 Å². The standard InChI is InChI=1S/C15H20N2O3.H2O/c1-19-15-10-6-8-17(9-7-10)14(15)13(16-20-15)11-4-2-3-5-12(11)18;/h2-5,10,13-14,16,18H,6-9H2,1H3;1H2/t13?,14?,15-;/m1./s1. The van der Waals surface area contributed by atoms with Gasteiger partial charge in [0.1, 0.15) is 5.75 Å². The predicted octanol–water partition coefficient (Wildman–Crippen LogP) is 0.580. The van der Waals surface area contributed by atoms with Gasteiger partial charge < -0.3 is 15.3 Å². The molecule has 1 aromatic rings. The lowest BCUT2D eigenvalue weighted by atomic mass is 9.74. The Labute approximate surface area is 123 Å². The molecule has 4 saturated heterocycles. The van der Waals surface area contributed by atoms with Crippen molar-refractivity contribution in [2.45, 2.75) is 30.7 Å².